The predicted molar refractivity (Wildman–Crippen MR) is 105 cm³/mol. The number of aryl methyl sites for hydroxylation is 2. The van der Waals surface area contributed by atoms with Crippen LogP contribution in [0.2, 0.25) is 5.02 Å². The van der Waals surface area contributed by atoms with Crippen molar-refractivity contribution in [2.24, 2.45) is 0 Å². The van der Waals surface area contributed by atoms with E-state index in [0.29, 0.717) is 18.8 Å². The molecule has 1 amide bonds. The molecule has 1 N–H and O–H groups in total. The van der Waals surface area contributed by atoms with Crippen molar-refractivity contribution in [1.82, 2.24) is 4.31 Å². The van der Waals surface area contributed by atoms with Crippen molar-refractivity contribution in [3.8, 4) is 0 Å². The number of hydrogen-bond donors (Lipinski definition) is 1. The summed E-state index contributed by atoms with van der Waals surface area (Å²) >= 11 is 6.11. The molecular formula is C19H23ClN2O3S. The van der Waals surface area contributed by atoms with Gasteiger partial charge in [-0.05, 0) is 55.3 Å². The number of amides is 1. The van der Waals surface area contributed by atoms with Gasteiger partial charge in [0.15, 0.2) is 0 Å². The third kappa shape index (κ3) is 4.44. The molecule has 7 heteroatoms. The number of benzene rings is 2. The molecule has 2 rings (SSSR count). The fraction of sp³-hybridized carbons (Fsp3) is 0.316. The van der Waals surface area contributed by atoms with Crippen molar-refractivity contribution in [2.45, 2.75) is 32.6 Å². The highest BCUT2D eigenvalue weighted by atomic mass is 35.5. The predicted octanol–water partition coefficient (Wildman–Crippen LogP) is 4.24. The van der Waals surface area contributed by atoms with Crippen molar-refractivity contribution in [3.05, 3.63) is 58.1 Å². The van der Waals surface area contributed by atoms with Crippen LogP contribution in [0.5, 0.6) is 0 Å². The Labute approximate surface area is 160 Å². The Bertz CT molecular complexity index is 902. The molecule has 5 nitrogen and oxygen atoms in total. The lowest BCUT2D eigenvalue weighted by atomic mass is 10.1. The third-order valence-corrected chi connectivity index (χ3v) is 6.53. The molecule has 0 bridgehead atoms. The number of sulfonamides is 1. The van der Waals surface area contributed by atoms with Gasteiger partial charge in [-0.3, -0.25) is 4.79 Å². The average Bonchev–Trinajstić information content (AvgIpc) is 2.54. The molecule has 0 aliphatic carbocycles. The second-order valence-electron chi connectivity index (χ2n) is 6.07. The standard InChI is InChI=1S/C19H23ClN2O3S/c1-5-22(6-2)26(24,25)18-12-15(7-8-17(18)20)19(23)21-16-10-13(3)9-14(4)11-16/h7-12H,5-6H2,1-4H3,(H,21,23). The monoisotopic (exact) mass is 394 g/mol. The molecular weight excluding hydrogens is 372 g/mol. The maximum Gasteiger partial charge on any atom is 0.255 e. The summed E-state index contributed by atoms with van der Waals surface area (Å²) in [7, 11) is -3.75. The lowest BCUT2D eigenvalue weighted by molar-refractivity contribution is 0.102. The number of rotatable bonds is 6. The lowest BCUT2D eigenvalue weighted by Crippen LogP contribution is -2.31. The Morgan fingerprint density at radius 2 is 1.62 bits per heavy atom. The molecule has 0 unspecified atom stereocenters. The van der Waals surface area contributed by atoms with Crippen LogP contribution in [0.3, 0.4) is 0 Å². The highest BCUT2D eigenvalue weighted by molar-refractivity contribution is 7.89. The summed E-state index contributed by atoms with van der Waals surface area (Å²) in [6.07, 6.45) is 0. The van der Waals surface area contributed by atoms with Crippen molar-refractivity contribution in [2.75, 3.05) is 18.4 Å². The van der Waals surface area contributed by atoms with E-state index in [0.717, 1.165) is 11.1 Å². The van der Waals surface area contributed by atoms with E-state index in [-0.39, 0.29) is 21.4 Å². The molecule has 0 atom stereocenters. The number of hydrogen-bond acceptors (Lipinski definition) is 3. The van der Waals surface area contributed by atoms with Gasteiger partial charge < -0.3 is 5.32 Å². The fourth-order valence-corrected chi connectivity index (χ4v) is 4.75. The highest BCUT2D eigenvalue weighted by Gasteiger charge is 2.25. The number of anilines is 1. The number of carbonyl (C=O) groups is 1. The summed E-state index contributed by atoms with van der Waals surface area (Å²) in [5.74, 6) is -0.386. The zero-order valence-corrected chi connectivity index (χ0v) is 16.9. The molecule has 0 aromatic heterocycles. The first-order valence-electron chi connectivity index (χ1n) is 8.38. The molecule has 0 aliphatic rings. The lowest BCUT2D eigenvalue weighted by Gasteiger charge is -2.19. The zero-order valence-electron chi connectivity index (χ0n) is 15.3. The minimum Gasteiger partial charge on any atom is -0.322 e. The smallest absolute Gasteiger partial charge is 0.255 e. The maximum atomic E-state index is 12.7. The van der Waals surface area contributed by atoms with Crippen LogP contribution in [0.25, 0.3) is 0 Å². The molecule has 0 heterocycles. The van der Waals surface area contributed by atoms with Crippen LogP contribution < -0.4 is 5.32 Å². The molecule has 0 spiro atoms. The van der Waals surface area contributed by atoms with Crippen LogP contribution in [0.1, 0.15) is 35.3 Å². The van der Waals surface area contributed by atoms with Crippen molar-refractivity contribution in [1.29, 1.82) is 0 Å². The zero-order chi connectivity index (χ0) is 19.5. The first kappa shape index (κ1) is 20.4. The van der Waals surface area contributed by atoms with E-state index in [1.54, 1.807) is 13.8 Å². The van der Waals surface area contributed by atoms with Crippen molar-refractivity contribution >= 4 is 33.2 Å². The Hall–Kier alpha value is -1.89. The summed E-state index contributed by atoms with van der Waals surface area (Å²) in [4.78, 5) is 12.5. The van der Waals surface area contributed by atoms with Crippen LogP contribution >= 0.6 is 11.6 Å². The quantitative estimate of drug-likeness (QED) is 0.796. The van der Waals surface area contributed by atoms with Crippen LogP contribution in [0.15, 0.2) is 41.3 Å². The van der Waals surface area contributed by atoms with E-state index >= 15 is 0 Å². The summed E-state index contributed by atoms with van der Waals surface area (Å²) < 4.78 is 26.8. The Kier molecular flexibility index (Phi) is 6.44. The molecule has 0 saturated heterocycles. The molecule has 2 aromatic carbocycles. The van der Waals surface area contributed by atoms with E-state index in [4.69, 9.17) is 11.6 Å². The van der Waals surface area contributed by atoms with Crippen LogP contribution in [0.4, 0.5) is 5.69 Å². The molecule has 26 heavy (non-hydrogen) atoms. The van der Waals surface area contributed by atoms with E-state index in [9.17, 15) is 13.2 Å². The Balaban J connectivity index is 2.38. The highest BCUT2D eigenvalue weighted by Crippen LogP contribution is 2.26. The fourth-order valence-electron chi connectivity index (χ4n) is 2.80. The summed E-state index contributed by atoms with van der Waals surface area (Å²) in [5, 5.41) is 2.90. The molecule has 2 aromatic rings. The first-order valence-corrected chi connectivity index (χ1v) is 10.2. The van der Waals surface area contributed by atoms with Gasteiger partial charge in [-0.15, -0.1) is 0 Å². The van der Waals surface area contributed by atoms with Gasteiger partial charge in [0.1, 0.15) is 4.90 Å². The van der Waals surface area contributed by atoms with Gasteiger partial charge in [0.05, 0.1) is 5.02 Å². The van der Waals surface area contributed by atoms with E-state index in [1.165, 1.54) is 22.5 Å². The van der Waals surface area contributed by atoms with Gasteiger partial charge in [0.2, 0.25) is 10.0 Å². The maximum absolute atomic E-state index is 12.7. The number of halogens is 1. The van der Waals surface area contributed by atoms with Crippen molar-refractivity contribution < 1.29 is 13.2 Å². The van der Waals surface area contributed by atoms with E-state index < -0.39 is 10.0 Å². The molecule has 0 fully saturated rings. The van der Waals surface area contributed by atoms with E-state index in [2.05, 4.69) is 5.32 Å². The van der Waals surface area contributed by atoms with E-state index in [1.807, 2.05) is 32.0 Å². The van der Waals surface area contributed by atoms with Crippen LogP contribution in [-0.4, -0.2) is 31.7 Å². The SMILES string of the molecule is CCN(CC)S(=O)(=O)c1cc(C(=O)Nc2cc(C)cc(C)c2)ccc1Cl. The Morgan fingerprint density at radius 1 is 1.04 bits per heavy atom. The minimum atomic E-state index is -3.75. The van der Waals surface area contributed by atoms with Gasteiger partial charge in [0, 0.05) is 24.3 Å². The molecule has 0 radical (unpaired) electrons. The summed E-state index contributed by atoms with van der Waals surface area (Å²) in [5.41, 5.74) is 2.96. The van der Waals surface area contributed by atoms with Crippen LogP contribution in [-0.2, 0) is 10.0 Å². The summed E-state index contributed by atoms with van der Waals surface area (Å²) in [6.45, 7) is 8.05. The number of carbonyl (C=O) groups excluding carboxylic acids is 1. The molecule has 0 aliphatic heterocycles. The molecule has 140 valence electrons. The van der Waals surface area contributed by atoms with Gasteiger partial charge in [-0.2, -0.15) is 4.31 Å². The first-order chi connectivity index (χ1) is 12.2. The number of nitrogens with one attached hydrogen (secondary N) is 1. The largest absolute Gasteiger partial charge is 0.322 e. The van der Waals surface area contributed by atoms with Crippen molar-refractivity contribution in [3.63, 3.8) is 0 Å². The average molecular weight is 395 g/mol. The summed E-state index contributed by atoms with van der Waals surface area (Å²) in [6, 6.07) is 10.00. The van der Waals surface area contributed by atoms with Gasteiger partial charge >= 0.3 is 0 Å². The topological polar surface area (TPSA) is 66.5 Å². The number of nitrogens with zero attached hydrogens (tertiary/aromatic N) is 1. The minimum absolute atomic E-state index is 0.0593. The second-order valence-corrected chi connectivity index (χ2v) is 8.38. The van der Waals surface area contributed by atoms with Gasteiger partial charge in [0.25, 0.3) is 5.91 Å². The van der Waals surface area contributed by atoms with Gasteiger partial charge in [-0.1, -0.05) is 31.5 Å². The third-order valence-electron chi connectivity index (χ3n) is 4.00. The Morgan fingerprint density at radius 3 is 2.15 bits per heavy atom. The second kappa shape index (κ2) is 8.20. The van der Waals surface area contributed by atoms with Gasteiger partial charge in [-0.25, -0.2) is 8.42 Å². The molecule has 0 saturated carbocycles. The normalized spacial score (nSPS) is 11.6. The van der Waals surface area contributed by atoms with Crippen LogP contribution in [0, 0.1) is 13.8 Å².